The lowest BCUT2D eigenvalue weighted by Crippen LogP contribution is -2.33. The van der Waals surface area contributed by atoms with Crippen LogP contribution >= 0.6 is 11.3 Å². The Hall–Kier alpha value is -2.68. The van der Waals surface area contributed by atoms with E-state index in [1.54, 1.807) is 12.3 Å². The highest BCUT2D eigenvalue weighted by Crippen LogP contribution is 2.27. The van der Waals surface area contributed by atoms with Crippen molar-refractivity contribution < 1.29 is 29.0 Å². The molecule has 0 fully saturated rings. The van der Waals surface area contributed by atoms with Crippen molar-refractivity contribution in [2.24, 2.45) is 4.99 Å². The fourth-order valence-corrected chi connectivity index (χ4v) is 2.16. The van der Waals surface area contributed by atoms with Crippen LogP contribution in [-0.4, -0.2) is 43.0 Å². The number of imide groups is 1. The van der Waals surface area contributed by atoms with Gasteiger partial charge in [-0.25, -0.2) is 14.6 Å². The number of carbonyl (C=O) groups excluding carboxylic acids is 3. The number of esters is 1. The molecule has 0 radical (unpaired) electrons. The molecular weight excluding hydrogens is 324 g/mol. The van der Waals surface area contributed by atoms with Crippen molar-refractivity contribution in [3.8, 4) is 0 Å². The molecule has 1 rings (SSSR count). The quantitative estimate of drug-likeness (QED) is 0.368. The first-order valence-electron chi connectivity index (χ1n) is 6.48. The van der Waals surface area contributed by atoms with E-state index in [9.17, 15) is 19.5 Å². The van der Waals surface area contributed by atoms with Crippen LogP contribution in [0.25, 0.3) is 0 Å². The summed E-state index contributed by atoms with van der Waals surface area (Å²) in [7, 11) is 1.24. The SMILES string of the molecule is CCOC(=O)NC(=O)C(C=Nc1sccc1C(=O)OC)=C(C)O. The summed E-state index contributed by atoms with van der Waals surface area (Å²) >= 11 is 1.15. The maximum Gasteiger partial charge on any atom is 0.414 e. The standard InChI is InChI=1S/C14H16N2O6S/c1-4-22-14(20)16-11(18)10(8(2)17)7-15-12-9(5-6-23-12)13(19)21-3/h5-7,17H,4H2,1-3H3,(H,16,18,20). The van der Waals surface area contributed by atoms with Gasteiger partial charge >= 0.3 is 12.1 Å². The molecule has 2 N–H and O–H groups in total. The molecule has 0 bridgehead atoms. The summed E-state index contributed by atoms with van der Waals surface area (Å²) in [5.41, 5.74) is -0.00300. The molecule has 0 aromatic carbocycles. The van der Waals surface area contributed by atoms with Crippen LogP contribution in [-0.2, 0) is 14.3 Å². The molecule has 1 heterocycles. The lowest BCUT2D eigenvalue weighted by Gasteiger charge is -2.05. The highest BCUT2D eigenvalue weighted by Gasteiger charge is 2.16. The van der Waals surface area contributed by atoms with Crippen LogP contribution in [0.5, 0.6) is 0 Å². The van der Waals surface area contributed by atoms with Gasteiger partial charge in [-0.15, -0.1) is 11.3 Å². The lowest BCUT2D eigenvalue weighted by molar-refractivity contribution is -0.116. The number of methoxy groups -OCH3 is 1. The van der Waals surface area contributed by atoms with Crippen molar-refractivity contribution in [3.05, 3.63) is 28.3 Å². The molecule has 1 aromatic rings. The van der Waals surface area contributed by atoms with Crippen LogP contribution in [0, 0.1) is 0 Å². The molecule has 0 saturated carbocycles. The molecule has 0 aliphatic rings. The molecule has 0 aliphatic heterocycles. The number of nitrogens with one attached hydrogen (secondary N) is 1. The number of carbonyl (C=O) groups is 3. The van der Waals surface area contributed by atoms with Gasteiger partial charge in [-0.3, -0.25) is 10.1 Å². The predicted octanol–water partition coefficient (Wildman–Crippen LogP) is 2.34. The number of aliphatic hydroxyl groups is 1. The summed E-state index contributed by atoms with van der Waals surface area (Å²) in [6.45, 7) is 2.95. The molecule has 8 nitrogen and oxygen atoms in total. The second-order valence-electron chi connectivity index (χ2n) is 4.06. The molecule has 0 saturated heterocycles. The highest BCUT2D eigenvalue weighted by atomic mass is 32.1. The van der Waals surface area contributed by atoms with Crippen molar-refractivity contribution in [3.63, 3.8) is 0 Å². The monoisotopic (exact) mass is 340 g/mol. The largest absolute Gasteiger partial charge is 0.512 e. The molecule has 0 atom stereocenters. The van der Waals surface area contributed by atoms with Crippen molar-refractivity contribution in [2.45, 2.75) is 13.8 Å². The number of hydrogen-bond donors (Lipinski definition) is 2. The Morgan fingerprint density at radius 3 is 2.70 bits per heavy atom. The third-order valence-electron chi connectivity index (χ3n) is 2.49. The van der Waals surface area contributed by atoms with Gasteiger partial charge in [-0.2, -0.15) is 0 Å². The number of alkyl carbamates (subject to hydrolysis) is 1. The number of aliphatic hydroxyl groups excluding tert-OH is 1. The zero-order valence-electron chi connectivity index (χ0n) is 12.8. The Kier molecular flexibility index (Phi) is 6.94. The molecule has 2 amide bonds. The van der Waals surface area contributed by atoms with Crippen LogP contribution in [0.4, 0.5) is 9.80 Å². The highest BCUT2D eigenvalue weighted by molar-refractivity contribution is 7.14. The number of aliphatic imine (C=N–C) groups is 1. The van der Waals surface area contributed by atoms with E-state index in [0.29, 0.717) is 5.00 Å². The van der Waals surface area contributed by atoms with Gasteiger partial charge in [-0.05, 0) is 25.3 Å². The van der Waals surface area contributed by atoms with E-state index in [0.717, 1.165) is 17.6 Å². The first-order valence-corrected chi connectivity index (χ1v) is 7.36. The average molecular weight is 340 g/mol. The minimum absolute atomic E-state index is 0.0992. The average Bonchev–Trinajstić information content (AvgIpc) is 2.94. The molecule has 0 spiro atoms. The van der Waals surface area contributed by atoms with Crippen molar-refractivity contribution in [2.75, 3.05) is 13.7 Å². The Balaban J connectivity index is 2.96. The van der Waals surface area contributed by atoms with Gasteiger partial charge in [0.15, 0.2) is 0 Å². The van der Waals surface area contributed by atoms with E-state index in [4.69, 9.17) is 0 Å². The number of nitrogens with zero attached hydrogens (tertiary/aromatic N) is 1. The summed E-state index contributed by atoms with van der Waals surface area (Å²) in [4.78, 5) is 38.7. The summed E-state index contributed by atoms with van der Waals surface area (Å²) < 4.78 is 9.19. The second kappa shape index (κ2) is 8.69. The molecule has 23 heavy (non-hydrogen) atoms. The predicted molar refractivity (Wildman–Crippen MR) is 84.3 cm³/mol. The minimum Gasteiger partial charge on any atom is -0.512 e. The Bertz CT molecular complexity index is 658. The van der Waals surface area contributed by atoms with E-state index < -0.39 is 18.0 Å². The zero-order valence-corrected chi connectivity index (χ0v) is 13.6. The van der Waals surface area contributed by atoms with Crippen LogP contribution in [0.15, 0.2) is 27.8 Å². The van der Waals surface area contributed by atoms with Crippen molar-refractivity contribution in [1.82, 2.24) is 5.32 Å². The molecule has 0 aliphatic carbocycles. The normalized spacial score (nSPS) is 11.8. The van der Waals surface area contributed by atoms with Gasteiger partial charge < -0.3 is 14.6 Å². The van der Waals surface area contributed by atoms with Gasteiger partial charge in [0.25, 0.3) is 5.91 Å². The molecule has 9 heteroatoms. The van der Waals surface area contributed by atoms with Crippen LogP contribution in [0.3, 0.4) is 0 Å². The third-order valence-corrected chi connectivity index (χ3v) is 3.31. The number of ether oxygens (including phenoxy) is 2. The Labute approximate surface area is 136 Å². The summed E-state index contributed by atoms with van der Waals surface area (Å²) in [5.74, 6) is -1.78. The summed E-state index contributed by atoms with van der Waals surface area (Å²) in [5, 5.41) is 13.4. The van der Waals surface area contributed by atoms with E-state index in [1.165, 1.54) is 20.1 Å². The Morgan fingerprint density at radius 2 is 2.13 bits per heavy atom. The van der Waals surface area contributed by atoms with Gasteiger partial charge in [0.1, 0.15) is 10.8 Å². The zero-order chi connectivity index (χ0) is 17.4. The van der Waals surface area contributed by atoms with Gasteiger partial charge in [0.2, 0.25) is 0 Å². The number of allylic oxidation sites excluding steroid dienone is 1. The Morgan fingerprint density at radius 1 is 1.43 bits per heavy atom. The molecule has 124 valence electrons. The summed E-state index contributed by atoms with van der Waals surface area (Å²) in [6, 6.07) is 1.52. The van der Waals surface area contributed by atoms with E-state index in [1.807, 2.05) is 5.32 Å². The lowest BCUT2D eigenvalue weighted by atomic mass is 10.2. The molecular formula is C14H16N2O6S. The first-order chi connectivity index (χ1) is 10.9. The second-order valence-corrected chi connectivity index (χ2v) is 4.96. The van der Waals surface area contributed by atoms with Gasteiger partial charge in [0, 0.05) is 6.21 Å². The van der Waals surface area contributed by atoms with Crippen LogP contribution in [0.2, 0.25) is 0 Å². The first kappa shape index (κ1) is 18.4. The maximum atomic E-state index is 11.9. The molecule has 1 aromatic heterocycles. The molecule has 0 unspecified atom stereocenters. The smallest absolute Gasteiger partial charge is 0.414 e. The fourth-order valence-electron chi connectivity index (χ4n) is 1.43. The van der Waals surface area contributed by atoms with Gasteiger partial charge in [-0.1, -0.05) is 0 Å². The minimum atomic E-state index is -0.934. The number of rotatable bonds is 5. The number of hydrogen-bond acceptors (Lipinski definition) is 8. The summed E-state index contributed by atoms with van der Waals surface area (Å²) in [6.07, 6.45) is 0.123. The maximum absolute atomic E-state index is 11.9. The van der Waals surface area contributed by atoms with Gasteiger partial charge in [0.05, 0.1) is 24.9 Å². The van der Waals surface area contributed by atoms with Crippen LogP contribution < -0.4 is 5.32 Å². The van der Waals surface area contributed by atoms with E-state index >= 15 is 0 Å². The number of thiophene rings is 1. The fraction of sp³-hybridized carbons (Fsp3) is 0.286. The topological polar surface area (TPSA) is 114 Å². The van der Waals surface area contributed by atoms with Crippen molar-refractivity contribution in [1.29, 1.82) is 0 Å². The van der Waals surface area contributed by atoms with Crippen LogP contribution in [0.1, 0.15) is 24.2 Å². The third kappa shape index (κ3) is 5.22. The number of amides is 2. The van der Waals surface area contributed by atoms with E-state index in [-0.39, 0.29) is 23.5 Å². The van der Waals surface area contributed by atoms with Crippen molar-refractivity contribution >= 4 is 40.5 Å². The van der Waals surface area contributed by atoms with E-state index in [2.05, 4.69) is 14.5 Å².